The first-order valence-corrected chi connectivity index (χ1v) is 7.33. The number of hydrogen-bond donors (Lipinski definition) is 2. The van der Waals surface area contributed by atoms with Gasteiger partial charge in [-0.05, 0) is 48.6 Å². The molecule has 0 aromatic heterocycles. The van der Waals surface area contributed by atoms with Crippen molar-refractivity contribution in [1.82, 2.24) is 5.32 Å². The quantitative estimate of drug-likeness (QED) is 0.759. The van der Waals surface area contributed by atoms with Gasteiger partial charge in [-0.15, -0.1) is 0 Å². The molecule has 7 heteroatoms. The summed E-state index contributed by atoms with van der Waals surface area (Å²) in [4.78, 5) is 12.0. The van der Waals surface area contributed by atoms with E-state index in [1.807, 2.05) is 0 Å². The fraction of sp³-hybridized carbons (Fsp3) is 0. The number of nitrogens with one attached hydrogen (secondary N) is 2. The van der Waals surface area contributed by atoms with E-state index in [0.717, 1.165) is 0 Å². The average molecular weight is 360 g/mol. The van der Waals surface area contributed by atoms with Gasteiger partial charge in [0.25, 0.3) is 5.91 Å². The molecule has 0 heterocycles. The first-order valence-electron chi connectivity index (χ1n) is 5.78. The van der Waals surface area contributed by atoms with Gasteiger partial charge in [0.1, 0.15) is 0 Å². The highest BCUT2D eigenvalue weighted by Crippen LogP contribution is 2.22. The highest BCUT2D eigenvalue weighted by Gasteiger charge is 2.10. The fourth-order valence-electron chi connectivity index (χ4n) is 1.54. The van der Waals surface area contributed by atoms with Crippen LogP contribution >= 0.6 is 47.0 Å². The van der Waals surface area contributed by atoms with Crippen molar-refractivity contribution >= 4 is 63.7 Å². The van der Waals surface area contributed by atoms with E-state index in [2.05, 4.69) is 10.6 Å². The van der Waals surface area contributed by atoms with Crippen LogP contribution in [0, 0.1) is 0 Å². The minimum Gasteiger partial charge on any atom is -0.332 e. The molecule has 2 aromatic carbocycles. The predicted molar refractivity (Wildman–Crippen MR) is 91.6 cm³/mol. The molecule has 0 saturated carbocycles. The van der Waals surface area contributed by atoms with Crippen LogP contribution in [-0.2, 0) is 0 Å². The van der Waals surface area contributed by atoms with Crippen LogP contribution < -0.4 is 10.6 Å². The van der Waals surface area contributed by atoms with Crippen LogP contribution in [0.5, 0.6) is 0 Å². The molecular weight excluding hydrogens is 351 g/mol. The van der Waals surface area contributed by atoms with Gasteiger partial charge in [0, 0.05) is 16.3 Å². The summed E-state index contributed by atoms with van der Waals surface area (Å²) in [6.07, 6.45) is 0. The lowest BCUT2D eigenvalue weighted by atomic mass is 10.2. The number of carbonyl (C=O) groups excluding carboxylic acids is 1. The van der Waals surface area contributed by atoms with Gasteiger partial charge >= 0.3 is 0 Å². The van der Waals surface area contributed by atoms with Crippen molar-refractivity contribution in [3.8, 4) is 0 Å². The van der Waals surface area contributed by atoms with Crippen LogP contribution in [0.2, 0.25) is 15.1 Å². The molecular formula is C14H9Cl3N2OS. The Morgan fingerprint density at radius 2 is 1.76 bits per heavy atom. The monoisotopic (exact) mass is 358 g/mol. The lowest BCUT2D eigenvalue weighted by molar-refractivity contribution is 0.0978. The standard InChI is InChI=1S/C14H9Cl3N2OS/c15-9-2-1-3-10(7-9)18-14(21)19-13(20)8-4-5-11(16)12(17)6-8/h1-7H,(H2,18,19,20,21). The Labute approximate surface area is 142 Å². The summed E-state index contributed by atoms with van der Waals surface area (Å²) in [5.41, 5.74) is 1.04. The molecule has 0 spiro atoms. The lowest BCUT2D eigenvalue weighted by Gasteiger charge is -2.10. The summed E-state index contributed by atoms with van der Waals surface area (Å²) in [5, 5.41) is 6.83. The summed E-state index contributed by atoms with van der Waals surface area (Å²) in [6, 6.07) is 11.6. The Morgan fingerprint density at radius 3 is 2.43 bits per heavy atom. The van der Waals surface area contributed by atoms with Crippen molar-refractivity contribution in [3.63, 3.8) is 0 Å². The highest BCUT2D eigenvalue weighted by atomic mass is 35.5. The van der Waals surface area contributed by atoms with Crippen molar-refractivity contribution in [3.05, 3.63) is 63.1 Å². The average Bonchev–Trinajstić information content (AvgIpc) is 2.41. The molecule has 0 aliphatic carbocycles. The smallest absolute Gasteiger partial charge is 0.257 e. The molecule has 0 bridgehead atoms. The Kier molecular flexibility index (Phi) is 5.42. The van der Waals surface area contributed by atoms with Crippen LogP contribution in [0.1, 0.15) is 10.4 Å². The molecule has 0 fully saturated rings. The first kappa shape index (κ1) is 16.0. The summed E-state index contributed by atoms with van der Waals surface area (Å²) in [6.45, 7) is 0. The number of benzene rings is 2. The predicted octanol–water partition coefficient (Wildman–Crippen LogP) is 4.77. The maximum absolute atomic E-state index is 12.0. The number of amides is 1. The molecule has 21 heavy (non-hydrogen) atoms. The van der Waals surface area contributed by atoms with E-state index in [1.54, 1.807) is 36.4 Å². The van der Waals surface area contributed by atoms with Gasteiger partial charge < -0.3 is 5.32 Å². The van der Waals surface area contributed by atoms with Crippen LogP contribution in [0.15, 0.2) is 42.5 Å². The Bertz CT molecular complexity index is 706. The number of carbonyl (C=O) groups is 1. The van der Waals surface area contributed by atoms with Crippen molar-refractivity contribution < 1.29 is 4.79 Å². The second kappa shape index (κ2) is 7.09. The van der Waals surface area contributed by atoms with E-state index >= 15 is 0 Å². The number of rotatable bonds is 2. The van der Waals surface area contributed by atoms with Gasteiger partial charge in [-0.2, -0.15) is 0 Å². The van der Waals surface area contributed by atoms with E-state index in [4.69, 9.17) is 47.0 Å². The maximum Gasteiger partial charge on any atom is 0.257 e. The van der Waals surface area contributed by atoms with E-state index in [1.165, 1.54) is 6.07 Å². The van der Waals surface area contributed by atoms with Crippen LogP contribution in [-0.4, -0.2) is 11.0 Å². The van der Waals surface area contributed by atoms with Gasteiger partial charge in [0.05, 0.1) is 10.0 Å². The molecule has 108 valence electrons. The molecule has 2 N–H and O–H groups in total. The zero-order chi connectivity index (χ0) is 15.4. The van der Waals surface area contributed by atoms with Crippen molar-refractivity contribution in [2.45, 2.75) is 0 Å². The van der Waals surface area contributed by atoms with E-state index in [-0.39, 0.29) is 11.0 Å². The second-order valence-corrected chi connectivity index (χ2v) is 5.71. The number of halogens is 3. The largest absolute Gasteiger partial charge is 0.332 e. The molecule has 0 unspecified atom stereocenters. The molecule has 0 saturated heterocycles. The van der Waals surface area contributed by atoms with Crippen LogP contribution in [0.3, 0.4) is 0 Å². The van der Waals surface area contributed by atoms with Crippen molar-refractivity contribution in [1.29, 1.82) is 0 Å². The molecule has 2 rings (SSSR count). The number of hydrogen-bond acceptors (Lipinski definition) is 2. The third-order valence-corrected chi connectivity index (χ3v) is 3.67. The summed E-state index contributed by atoms with van der Waals surface area (Å²) >= 11 is 22.6. The van der Waals surface area contributed by atoms with Gasteiger partial charge in [-0.1, -0.05) is 40.9 Å². The summed E-state index contributed by atoms with van der Waals surface area (Å²) < 4.78 is 0. The normalized spacial score (nSPS) is 10.0. The zero-order valence-electron chi connectivity index (χ0n) is 10.5. The van der Waals surface area contributed by atoms with Gasteiger partial charge in [-0.25, -0.2) is 0 Å². The first-order chi connectivity index (χ1) is 9.95. The topological polar surface area (TPSA) is 41.1 Å². The molecule has 3 nitrogen and oxygen atoms in total. The molecule has 0 aliphatic heterocycles. The van der Waals surface area contributed by atoms with Crippen LogP contribution in [0.25, 0.3) is 0 Å². The van der Waals surface area contributed by atoms with Gasteiger partial charge in [0.2, 0.25) is 0 Å². The van der Waals surface area contributed by atoms with E-state index in [9.17, 15) is 4.79 Å². The Hall–Kier alpha value is -1.33. The second-order valence-electron chi connectivity index (χ2n) is 4.05. The summed E-state index contributed by atoms with van der Waals surface area (Å²) in [5.74, 6) is -0.381. The minimum atomic E-state index is -0.381. The molecule has 0 radical (unpaired) electrons. The Morgan fingerprint density at radius 1 is 1.00 bits per heavy atom. The van der Waals surface area contributed by atoms with E-state index < -0.39 is 0 Å². The van der Waals surface area contributed by atoms with Crippen molar-refractivity contribution in [2.75, 3.05) is 5.32 Å². The third kappa shape index (κ3) is 4.58. The highest BCUT2D eigenvalue weighted by molar-refractivity contribution is 7.80. The molecule has 0 atom stereocenters. The molecule has 0 aliphatic rings. The maximum atomic E-state index is 12.0. The Balaban J connectivity index is 2.02. The fourth-order valence-corrected chi connectivity index (χ4v) is 2.24. The minimum absolute atomic E-state index is 0.160. The van der Waals surface area contributed by atoms with Gasteiger partial charge in [-0.3, -0.25) is 10.1 Å². The lowest BCUT2D eigenvalue weighted by Crippen LogP contribution is -2.34. The SMILES string of the molecule is O=C(NC(=S)Nc1cccc(Cl)c1)c1ccc(Cl)c(Cl)c1. The molecule has 1 amide bonds. The zero-order valence-corrected chi connectivity index (χ0v) is 13.6. The third-order valence-electron chi connectivity index (χ3n) is 2.49. The molecule has 2 aromatic rings. The van der Waals surface area contributed by atoms with Crippen molar-refractivity contribution in [2.24, 2.45) is 0 Å². The van der Waals surface area contributed by atoms with Gasteiger partial charge in [0.15, 0.2) is 5.11 Å². The number of anilines is 1. The summed E-state index contributed by atoms with van der Waals surface area (Å²) in [7, 11) is 0. The van der Waals surface area contributed by atoms with E-state index in [0.29, 0.717) is 26.3 Å². The van der Waals surface area contributed by atoms with Crippen LogP contribution in [0.4, 0.5) is 5.69 Å². The number of thiocarbonyl (C=S) groups is 1.